The number of rotatable bonds is 11. The van der Waals surface area contributed by atoms with Crippen LogP contribution in [-0.2, 0) is 22.6 Å². The Kier molecular flexibility index (Phi) is 9.91. The van der Waals surface area contributed by atoms with Gasteiger partial charge < -0.3 is 10.2 Å². The van der Waals surface area contributed by atoms with E-state index in [2.05, 4.69) is 5.32 Å². The van der Waals surface area contributed by atoms with E-state index in [1.54, 1.807) is 34.9 Å². The maximum Gasteiger partial charge on any atom is 0.243 e. The van der Waals surface area contributed by atoms with Gasteiger partial charge >= 0.3 is 0 Å². The van der Waals surface area contributed by atoms with Crippen molar-refractivity contribution in [2.24, 2.45) is 0 Å². The molecule has 4 nitrogen and oxygen atoms in total. The molecule has 3 aromatic carbocycles. The summed E-state index contributed by atoms with van der Waals surface area (Å²) in [6.45, 7) is 5.84. The number of halogens is 1. The summed E-state index contributed by atoms with van der Waals surface area (Å²) in [6.07, 6.45) is 0.595. The highest BCUT2D eigenvalue weighted by atomic mass is 32.2. The van der Waals surface area contributed by atoms with Crippen LogP contribution in [0.5, 0.6) is 0 Å². The van der Waals surface area contributed by atoms with Crippen LogP contribution in [0.3, 0.4) is 0 Å². The van der Waals surface area contributed by atoms with Crippen molar-refractivity contribution in [3.05, 3.63) is 101 Å². The lowest BCUT2D eigenvalue weighted by molar-refractivity contribution is -0.141. The highest BCUT2D eigenvalue weighted by Gasteiger charge is 2.31. The lowest BCUT2D eigenvalue weighted by Gasteiger charge is -2.32. The summed E-state index contributed by atoms with van der Waals surface area (Å²) in [5.41, 5.74) is 2.51. The molecule has 0 aliphatic heterocycles. The Morgan fingerprint density at radius 3 is 2.26 bits per heavy atom. The molecule has 0 spiro atoms. The Balaban J connectivity index is 1.85. The summed E-state index contributed by atoms with van der Waals surface area (Å²) >= 11 is 1.60. The highest BCUT2D eigenvalue weighted by molar-refractivity contribution is 7.99. The lowest BCUT2D eigenvalue weighted by Crippen LogP contribution is -2.52. The van der Waals surface area contributed by atoms with E-state index in [4.69, 9.17) is 0 Å². The molecule has 1 atom stereocenters. The SMILES string of the molecule is Cc1ccc(SCCC(=O)N(Cc2ccccc2F)C(Cc2ccccc2)C(=O)NC(C)C)cc1. The summed E-state index contributed by atoms with van der Waals surface area (Å²) in [5, 5.41) is 2.95. The van der Waals surface area contributed by atoms with Gasteiger partial charge in [-0.3, -0.25) is 9.59 Å². The Morgan fingerprint density at radius 2 is 1.60 bits per heavy atom. The van der Waals surface area contributed by atoms with E-state index in [0.29, 0.717) is 17.7 Å². The Morgan fingerprint density at radius 1 is 0.943 bits per heavy atom. The number of nitrogens with one attached hydrogen (secondary N) is 1. The van der Waals surface area contributed by atoms with Crippen molar-refractivity contribution in [3.63, 3.8) is 0 Å². The van der Waals surface area contributed by atoms with Crippen molar-refractivity contribution < 1.29 is 14.0 Å². The number of nitrogens with zero attached hydrogens (tertiary/aromatic N) is 1. The Hall–Kier alpha value is -3.12. The molecule has 3 rings (SSSR count). The minimum atomic E-state index is -0.753. The molecular weight excluding hydrogens is 459 g/mol. The largest absolute Gasteiger partial charge is 0.352 e. The third kappa shape index (κ3) is 8.25. The minimum absolute atomic E-state index is 0.0315. The van der Waals surface area contributed by atoms with Gasteiger partial charge in [0.2, 0.25) is 11.8 Å². The topological polar surface area (TPSA) is 49.4 Å². The fourth-order valence-electron chi connectivity index (χ4n) is 3.78. The maximum atomic E-state index is 14.6. The highest BCUT2D eigenvalue weighted by Crippen LogP contribution is 2.22. The number of hydrogen-bond acceptors (Lipinski definition) is 3. The molecule has 0 aromatic heterocycles. The molecule has 0 saturated carbocycles. The van der Waals surface area contributed by atoms with Crippen LogP contribution in [-0.4, -0.2) is 34.6 Å². The van der Waals surface area contributed by atoms with Crippen molar-refractivity contribution in [2.75, 3.05) is 5.75 Å². The van der Waals surface area contributed by atoms with Gasteiger partial charge in [0.15, 0.2) is 0 Å². The van der Waals surface area contributed by atoms with E-state index < -0.39 is 6.04 Å². The van der Waals surface area contributed by atoms with Gasteiger partial charge in [0.05, 0.1) is 0 Å². The zero-order valence-electron chi connectivity index (χ0n) is 20.5. The minimum Gasteiger partial charge on any atom is -0.352 e. The van der Waals surface area contributed by atoms with Crippen LogP contribution in [0.2, 0.25) is 0 Å². The molecular formula is C29H33FN2O2S. The van der Waals surface area contributed by atoms with Gasteiger partial charge in [0, 0.05) is 41.6 Å². The van der Waals surface area contributed by atoms with Gasteiger partial charge in [-0.05, 0) is 44.5 Å². The standard InChI is InChI=1S/C29H33FN2O2S/c1-21(2)31-29(34)27(19-23-9-5-4-6-10-23)32(20-24-11-7-8-12-26(24)30)28(33)17-18-35-25-15-13-22(3)14-16-25/h4-16,21,27H,17-20H2,1-3H3,(H,31,34). The van der Waals surface area contributed by atoms with Gasteiger partial charge in [-0.1, -0.05) is 66.2 Å². The number of thioether (sulfide) groups is 1. The van der Waals surface area contributed by atoms with E-state index in [1.807, 2.05) is 75.4 Å². The molecule has 3 aromatic rings. The number of amides is 2. The molecule has 0 saturated heterocycles. The van der Waals surface area contributed by atoms with Gasteiger partial charge in [0.1, 0.15) is 11.9 Å². The van der Waals surface area contributed by atoms with E-state index in [-0.39, 0.29) is 36.6 Å². The van der Waals surface area contributed by atoms with Gasteiger partial charge in [-0.2, -0.15) is 0 Å². The molecule has 0 bridgehead atoms. The zero-order chi connectivity index (χ0) is 25.2. The van der Waals surface area contributed by atoms with Gasteiger partial charge in [-0.25, -0.2) is 4.39 Å². The summed E-state index contributed by atoms with van der Waals surface area (Å²) in [6, 6.07) is 23.3. The predicted octanol–water partition coefficient (Wildman–Crippen LogP) is 5.78. The first-order valence-electron chi connectivity index (χ1n) is 11.9. The number of hydrogen-bond donors (Lipinski definition) is 1. The first-order chi connectivity index (χ1) is 16.8. The molecule has 1 N–H and O–H groups in total. The Labute approximate surface area is 211 Å². The van der Waals surface area contributed by atoms with Crippen LogP contribution in [0, 0.1) is 12.7 Å². The first kappa shape index (κ1) is 26.5. The van der Waals surface area contributed by atoms with Gasteiger partial charge in [-0.15, -0.1) is 11.8 Å². The van der Waals surface area contributed by atoms with Gasteiger partial charge in [0.25, 0.3) is 0 Å². The van der Waals surface area contributed by atoms with Crippen molar-refractivity contribution in [1.29, 1.82) is 0 Å². The zero-order valence-corrected chi connectivity index (χ0v) is 21.4. The normalized spacial score (nSPS) is 11.8. The average Bonchev–Trinajstić information content (AvgIpc) is 2.83. The molecule has 0 radical (unpaired) electrons. The predicted molar refractivity (Wildman–Crippen MR) is 141 cm³/mol. The fourth-order valence-corrected chi connectivity index (χ4v) is 4.62. The number of aryl methyl sites for hydroxylation is 1. The monoisotopic (exact) mass is 492 g/mol. The molecule has 0 heterocycles. The molecule has 2 amide bonds. The van der Waals surface area contributed by atoms with Crippen LogP contribution in [0.25, 0.3) is 0 Å². The molecule has 6 heteroatoms. The summed E-state index contributed by atoms with van der Waals surface area (Å²) in [4.78, 5) is 29.5. The fraction of sp³-hybridized carbons (Fsp3) is 0.310. The smallest absolute Gasteiger partial charge is 0.243 e. The van der Waals surface area contributed by atoms with Crippen molar-refractivity contribution >= 4 is 23.6 Å². The van der Waals surface area contributed by atoms with Crippen LogP contribution >= 0.6 is 11.8 Å². The molecule has 1 unspecified atom stereocenters. The van der Waals surface area contributed by atoms with Crippen molar-refractivity contribution in [1.82, 2.24) is 10.2 Å². The number of carbonyl (C=O) groups excluding carboxylic acids is 2. The third-order valence-electron chi connectivity index (χ3n) is 5.61. The van der Waals surface area contributed by atoms with E-state index in [0.717, 1.165) is 10.5 Å². The third-order valence-corrected chi connectivity index (χ3v) is 6.62. The average molecular weight is 493 g/mol. The van der Waals surface area contributed by atoms with E-state index in [1.165, 1.54) is 11.6 Å². The lowest BCUT2D eigenvalue weighted by atomic mass is 10.0. The second-order valence-corrected chi connectivity index (χ2v) is 10.1. The van der Waals surface area contributed by atoms with Crippen LogP contribution in [0.15, 0.2) is 83.8 Å². The molecule has 184 valence electrons. The molecule has 0 aliphatic rings. The molecule has 0 aliphatic carbocycles. The maximum absolute atomic E-state index is 14.6. The Bertz CT molecular complexity index is 1100. The number of carbonyl (C=O) groups is 2. The quantitative estimate of drug-likeness (QED) is 0.345. The van der Waals surface area contributed by atoms with Crippen LogP contribution in [0.4, 0.5) is 4.39 Å². The van der Waals surface area contributed by atoms with Crippen molar-refractivity contribution in [3.8, 4) is 0 Å². The first-order valence-corrected chi connectivity index (χ1v) is 12.9. The second-order valence-electron chi connectivity index (χ2n) is 8.89. The van der Waals surface area contributed by atoms with E-state index in [9.17, 15) is 14.0 Å². The summed E-state index contributed by atoms with van der Waals surface area (Å²) < 4.78 is 14.6. The van der Waals surface area contributed by atoms with E-state index >= 15 is 0 Å². The summed E-state index contributed by atoms with van der Waals surface area (Å²) in [5.74, 6) is -0.228. The molecule has 35 heavy (non-hydrogen) atoms. The molecule has 0 fully saturated rings. The summed E-state index contributed by atoms with van der Waals surface area (Å²) in [7, 11) is 0. The number of benzene rings is 3. The second kappa shape index (κ2) is 13.1. The van der Waals surface area contributed by atoms with Crippen LogP contribution < -0.4 is 5.32 Å². The van der Waals surface area contributed by atoms with Crippen molar-refractivity contribution in [2.45, 2.75) is 57.1 Å². The van der Waals surface area contributed by atoms with Crippen LogP contribution in [0.1, 0.15) is 37.0 Å².